The molecule has 0 radical (unpaired) electrons. The van der Waals surface area contributed by atoms with Gasteiger partial charge >= 0.3 is 0 Å². The first-order valence-corrected chi connectivity index (χ1v) is 9.07. The minimum atomic E-state index is -3.72. The third-order valence-electron chi connectivity index (χ3n) is 4.18. The Balaban J connectivity index is 1.71. The molecule has 1 saturated heterocycles. The van der Waals surface area contributed by atoms with Crippen molar-refractivity contribution in [2.24, 2.45) is 7.05 Å². The highest BCUT2D eigenvalue weighted by Crippen LogP contribution is 2.27. The van der Waals surface area contributed by atoms with E-state index in [0.29, 0.717) is 19.5 Å². The molecule has 8 nitrogen and oxygen atoms in total. The molecule has 0 bridgehead atoms. The van der Waals surface area contributed by atoms with E-state index in [1.54, 1.807) is 17.8 Å². The molecule has 0 spiro atoms. The van der Waals surface area contributed by atoms with Gasteiger partial charge in [0.15, 0.2) is 5.03 Å². The first-order valence-electron chi connectivity index (χ1n) is 7.63. The number of aliphatic hydroxyl groups is 1. The minimum Gasteiger partial charge on any atom is -0.387 e. The first-order chi connectivity index (χ1) is 11.3. The number of sulfonamides is 1. The van der Waals surface area contributed by atoms with Crippen LogP contribution in [0.3, 0.4) is 0 Å². The molecule has 24 heavy (non-hydrogen) atoms. The SMILES string of the molecule is CN(CC1(O)CCN(c2ccccn2)C1)S(=O)(=O)c1cn(C)cn1. The van der Waals surface area contributed by atoms with Crippen LogP contribution in [0.5, 0.6) is 0 Å². The van der Waals surface area contributed by atoms with Gasteiger partial charge in [-0.2, -0.15) is 4.31 Å². The number of β-amino-alcohol motifs (C(OH)–C–C–N with tert-alkyl or cyclic N) is 1. The van der Waals surface area contributed by atoms with Gasteiger partial charge in [0.05, 0.1) is 11.9 Å². The Morgan fingerprint density at radius 3 is 2.79 bits per heavy atom. The Bertz CT molecular complexity index is 808. The minimum absolute atomic E-state index is 0.00917. The molecular weight excluding hydrogens is 330 g/mol. The van der Waals surface area contributed by atoms with E-state index in [4.69, 9.17) is 0 Å². The average Bonchev–Trinajstić information content (AvgIpc) is 3.15. The van der Waals surface area contributed by atoms with Gasteiger partial charge in [-0.25, -0.2) is 18.4 Å². The molecule has 1 fully saturated rings. The Morgan fingerprint density at radius 1 is 1.38 bits per heavy atom. The van der Waals surface area contributed by atoms with Crippen molar-refractivity contribution in [3.63, 3.8) is 0 Å². The average molecular weight is 351 g/mol. The molecule has 0 amide bonds. The lowest BCUT2D eigenvalue weighted by Crippen LogP contribution is -2.45. The van der Waals surface area contributed by atoms with Crippen molar-refractivity contribution in [2.45, 2.75) is 17.0 Å². The number of pyridine rings is 1. The van der Waals surface area contributed by atoms with Gasteiger partial charge in [-0.15, -0.1) is 0 Å². The number of aryl methyl sites for hydroxylation is 1. The third kappa shape index (κ3) is 3.28. The summed E-state index contributed by atoms with van der Waals surface area (Å²) < 4.78 is 27.8. The van der Waals surface area contributed by atoms with E-state index < -0.39 is 15.6 Å². The molecule has 1 N–H and O–H groups in total. The van der Waals surface area contributed by atoms with Gasteiger partial charge in [-0.3, -0.25) is 0 Å². The van der Waals surface area contributed by atoms with Gasteiger partial charge in [0.25, 0.3) is 10.0 Å². The fourth-order valence-corrected chi connectivity index (χ4v) is 4.11. The van der Waals surface area contributed by atoms with Crippen LogP contribution < -0.4 is 4.90 Å². The molecule has 0 aromatic carbocycles. The van der Waals surface area contributed by atoms with E-state index in [1.807, 2.05) is 23.1 Å². The second kappa shape index (κ2) is 6.15. The van der Waals surface area contributed by atoms with Crippen molar-refractivity contribution in [3.8, 4) is 0 Å². The molecular formula is C15H21N5O3S. The van der Waals surface area contributed by atoms with Gasteiger partial charge in [-0.1, -0.05) is 6.07 Å². The lowest BCUT2D eigenvalue weighted by Gasteiger charge is -2.28. The van der Waals surface area contributed by atoms with Crippen molar-refractivity contribution in [3.05, 3.63) is 36.9 Å². The maximum Gasteiger partial charge on any atom is 0.261 e. The number of aromatic nitrogens is 3. The van der Waals surface area contributed by atoms with Crippen LogP contribution in [0.4, 0.5) is 5.82 Å². The van der Waals surface area contributed by atoms with Crippen LogP contribution in [0, 0.1) is 0 Å². The van der Waals surface area contributed by atoms with Gasteiger partial charge < -0.3 is 14.6 Å². The van der Waals surface area contributed by atoms with E-state index in [1.165, 1.54) is 19.6 Å². The maximum absolute atomic E-state index is 12.5. The first kappa shape index (κ1) is 16.9. The molecule has 3 rings (SSSR count). The Morgan fingerprint density at radius 2 is 2.17 bits per heavy atom. The summed E-state index contributed by atoms with van der Waals surface area (Å²) in [6.45, 7) is 0.978. The van der Waals surface area contributed by atoms with Crippen LogP contribution in [-0.4, -0.2) is 64.6 Å². The topological polar surface area (TPSA) is 91.6 Å². The predicted octanol–water partition coefficient (Wildman–Crippen LogP) is 0.0770. The molecule has 1 aliphatic rings. The molecule has 1 unspecified atom stereocenters. The molecule has 3 heterocycles. The summed E-state index contributed by atoms with van der Waals surface area (Å²) in [5.41, 5.74) is -1.12. The summed E-state index contributed by atoms with van der Waals surface area (Å²) in [5.74, 6) is 0.781. The second-order valence-electron chi connectivity index (χ2n) is 6.22. The van der Waals surface area contributed by atoms with Crippen LogP contribution in [-0.2, 0) is 17.1 Å². The lowest BCUT2D eigenvalue weighted by molar-refractivity contribution is 0.0479. The van der Waals surface area contributed by atoms with Crippen LogP contribution in [0.15, 0.2) is 41.9 Å². The zero-order valence-electron chi connectivity index (χ0n) is 13.7. The van der Waals surface area contributed by atoms with Gasteiger partial charge in [-0.05, 0) is 18.6 Å². The maximum atomic E-state index is 12.5. The molecule has 130 valence electrons. The number of hydrogen-bond acceptors (Lipinski definition) is 6. The molecule has 2 aromatic rings. The Hall–Kier alpha value is -1.97. The fourth-order valence-electron chi connectivity index (χ4n) is 2.90. The van der Waals surface area contributed by atoms with Crippen molar-refractivity contribution < 1.29 is 13.5 Å². The summed E-state index contributed by atoms with van der Waals surface area (Å²) in [6.07, 6.45) is 5.06. The van der Waals surface area contributed by atoms with Gasteiger partial charge in [0, 0.05) is 46.1 Å². The Kier molecular flexibility index (Phi) is 4.33. The summed E-state index contributed by atoms with van der Waals surface area (Å²) in [6, 6.07) is 5.59. The van der Waals surface area contributed by atoms with E-state index in [2.05, 4.69) is 9.97 Å². The predicted molar refractivity (Wildman–Crippen MR) is 89.0 cm³/mol. The number of hydrogen-bond donors (Lipinski definition) is 1. The highest BCUT2D eigenvalue weighted by atomic mass is 32.2. The van der Waals surface area contributed by atoms with Crippen molar-refractivity contribution in [1.82, 2.24) is 18.8 Å². The zero-order chi connectivity index (χ0) is 17.4. The number of likely N-dealkylation sites (N-methyl/N-ethyl adjacent to an activating group) is 1. The molecule has 0 aliphatic carbocycles. The van der Waals surface area contributed by atoms with E-state index in [0.717, 1.165) is 10.1 Å². The van der Waals surface area contributed by atoms with Crippen LogP contribution >= 0.6 is 0 Å². The van der Waals surface area contributed by atoms with Crippen molar-refractivity contribution in [1.29, 1.82) is 0 Å². The fraction of sp³-hybridized carbons (Fsp3) is 0.467. The van der Waals surface area contributed by atoms with Gasteiger partial charge in [0.2, 0.25) is 0 Å². The third-order valence-corrected chi connectivity index (χ3v) is 5.87. The highest BCUT2D eigenvalue weighted by Gasteiger charge is 2.40. The van der Waals surface area contributed by atoms with E-state index in [-0.39, 0.29) is 11.6 Å². The summed E-state index contributed by atoms with van der Waals surface area (Å²) in [4.78, 5) is 10.1. The van der Waals surface area contributed by atoms with Gasteiger partial charge in [0.1, 0.15) is 5.82 Å². The number of nitrogens with zero attached hydrogens (tertiary/aromatic N) is 5. The highest BCUT2D eigenvalue weighted by molar-refractivity contribution is 7.89. The van der Waals surface area contributed by atoms with Crippen LogP contribution in [0.25, 0.3) is 0 Å². The number of anilines is 1. The van der Waals surface area contributed by atoms with E-state index >= 15 is 0 Å². The molecule has 2 aromatic heterocycles. The summed E-state index contributed by atoms with van der Waals surface area (Å²) in [5, 5.41) is 10.8. The lowest BCUT2D eigenvalue weighted by atomic mass is 10.0. The van der Waals surface area contributed by atoms with Crippen LogP contribution in [0.1, 0.15) is 6.42 Å². The largest absolute Gasteiger partial charge is 0.387 e. The summed E-state index contributed by atoms with van der Waals surface area (Å²) >= 11 is 0. The van der Waals surface area contributed by atoms with Crippen LogP contribution in [0.2, 0.25) is 0 Å². The molecule has 1 atom stereocenters. The second-order valence-corrected chi connectivity index (χ2v) is 8.21. The Labute approximate surface area is 141 Å². The number of rotatable bonds is 5. The van der Waals surface area contributed by atoms with Crippen molar-refractivity contribution in [2.75, 3.05) is 31.6 Å². The number of imidazole rings is 1. The smallest absolute Gasteiger partial charge is 0.261 e. The van der Waals surface area contributed by atoms with E-state index in [9.17, 15) is 13.5 Å². The molecule has 1 aliphatic heterocycles. The molecule has 0 saturated carbocycles. The summed E-state index contributed by atoms with van der Waals surface area (Å²) in [7, 11) is -0.545. The monoisotopic (exact) mass is 351 g/mol. The standard InChI is InChI=1S/C15H21N5O3S/c1-18-9-14(17-12-18)24(22,23)19(2)10-15(21)6-8-20(11-15)13-5-3-4-7-16-13/h3-5,7,9,12,21H,6,8,10-11H2,1-2H3. The zero-order valence-corrected chi connectivity index (χ0v) is 14.5. The quantitative estimate of drug-likeness (QED) is 0.820. The normalized spacial score (nSPS) is 21.6. The molecule has 9 heteroatoms. The van der Waals surface area contributed by atoms with Crippen molar-refractivity contribution >= 4 is 15.8 Å².